The standard InChI is InChI=1S/C12H8FN3S/c13-9-3-1-8(2-4-9)11-15-7-10(16-11)12-14-5-6-17-12/h1-7H,(H,15,16). The van der Waals surface area contributed by atoms with Crippen LogP contribution in [0.15, 0.2) is 42.0 Å². The smallest absolute Gasteiger partial charge is 0.141 e. The van der Waals surface area contributed by atoms with Crippen molar-refractivity contribution in [3.63, 3.8) is 0 Å². The zero-order valence-electron chi connectivity index (χ0n) is 8.72. The number of benzene rings is 1. The van der Waals surface area contributed by atoms with Crippen LogP contribution in [0.3, 0.4) is 0 Å². The zero-order chi connectivity index (χ0) is 11.7. The van der Waals surface area contributed by atoms with Gasteiger partial charge in [0.05, 0.1) is 11.9 Å². The maximum absolute atomic E-state index is 12.8. The molecule has 0 spiro atoms. The molecular weight excluding hydrogens is 237 g/mol. The van der Waals surface area contributed by atoms with Crippen molar-refractivity contribution in [2.24, 2.45) is 0 Å². The number of rotatable bonds is 2. The van der Waals surface area contributed by atoms with Crippen LogP contribution < -0.4 is 0 Å². The van der Waals surface area contributed by atoms with Crippen LogP contribution in [0.5, 0.6) is 0 Å². The molecule has 3 rings (SSSR count). The SMILES string of the molecule is Fc1ccc(-c2ncc(-c3nccs3)[nH]2)cc1. The average molecular weight is 245 g/mol. The summed E-state index contributed by atoms with van der Waals surface area (Å²) in [6, 6.07) is 6.22. The number of H-pyrrole nitrogens is 1. The van der Waals surface area contributed by atoms with E-state index in [-0.39, 0.29) is 5.82 Å². The molecule has 0 saturated carbocycles. The van der Waals surface area contributed by atoms with Gasteiger partial charge in [-0.15, -0.1) is 11.3 Å². The zero-order valence-corrected chi connectivity index (χ0v) is 9.54. The number of nitrogens with zero attached hydrogens (tertiary/aromatic N) is 2. The van der Waals surface area contributed by atoms with Crippen LogP contribution in [0.25, 0.3) is 22.1 Å². The molecule has 0 bridgehead atoms. The van der Waals surface area contributed by atoms with Crippen molar-refractivity contribution in [1.29, 1.82) is 0 Å². The summed E-state index contributed by atoms with van der Waals surface area (Å²) in [5.74, 6) is 0.468. The molecule has 2 aromatic heterocycles. The molecule has 0 radical (unpaired) electrons. The van der Waals surface area contributed by atoms with Crippen molar-refractivity contribution in [1.82, 2.24) is 15.0 Å². The second-order valence-corrected chi connectivity index (χ2v) is 4.38. The Bertz CT molecular complexity index is 614. The number of thiazole rings is 1. The lowest BCUT2D eigenvalue weighted by Crippen LogP contribution is -1.81. The molecule has 0 aliphatic carbocycles. The van der Waals surface area contributed by atoms with Crippen molar-refractivity contribution in [2.45, 2.75) is 0 Å². The maximum Gasteiger partial charge on any atom is 0.141 e. The molecule has 1 aromatic carbocycles. The van der Waals surface area contributed by atoms with E-state index < -0.39 is 0 Å². The Morgan fingerprint density at radius 3 is 2.65 bits per heavy atom. The quantitative estimate of drug-likeness (QED) is 0.752. The monoisotopic (exact) mass is 245 g/mol. The van der Waals surface area contributed by atoms with Gasteiger partial charge in [-0.3, -0.25) is 0 Å². The fourth-order valence-corrected chi connectivity index (χ4v) is 2.14. The second kappa shape index (κ2) is 4.10. The summed E-state index contributed by atoms with van der Waals surface area (Å²) >= 11 is 1.54. The van der Waals surface area contributed by atoms with Gasteiger partial charge >= 0.3 is 0 Å². The van der Waals surface area contributed by atoms with Crippen molar-refractivity contribution in [3.8, 4) is 22.1 Å². The molecule has 3 aromatic rings. The highest BCUT2D eigenvalue weighted by Crippen LogP contribution is 2.23. The lowest BCUT2D eigenvalue weighted by atomic mass is 10.2. The van der Waals surface area contributed by atoms with E-state index in [2.05, 4.69) is 15.0 Å². The van der Waals surface area contributed by atoms with E-state index in [1.54, 1.807) is 35.9 Å². The Balaban J connectivity index is 1.98. The molecular formula is C12H8FN3S. The van der Waals surface area contributed by atoms with E-state index in [0.717, 1.165) is 22.1 Å². The molecule has 84 valence electrons. The molecule has 17 heavy (non-hydrogen) atoms. The number of halogens is 1. The predicted molar refractivity (Wildman–Crippen MR) is 65.1 cm³/mol. The van der Waals surface area contributed by atoms with E-state index >= 15 is 0 Å². The minimum Gasteiger partial charge on any atom is -0.336 e. The highest BCUT2D eigenvalue weighted by molar-refractivity contribution is 7.13. The van der Waals surface area contributed by atoms with Gasteiger partial charge in [-0.05, 0) is 24.3 Å². The van der Waals surface area contributed by atoms with Gasteiger partial charge in [0, 0.05) is 17.1 Å². The largest absolute Gasteiger partial charge is 0.336 e. The van der Waals surface area contributed by atoms with Crippen LogP contribution in [-0.4, -0.2) is 15.0 Å². The summed E-state index contributed by atoms with van der Waals surface area (Å²) in [6.07, 6.45) is 3.48. The van der Waals surface area contributed by atoms with E-state index in [1.165, 1.54) is 12.1 Å². The molecule has 0 unspecified atom stereocenters. The second-order valence-electron chi connectivity index (χ2n) is 3.49. The number of aromatic nitrogens is 3. The molecule has 0 aliphatic heterocycles. The van der Waals surface area contributed by atoms with Crippen LogP contribution in [0.4, 0.5) is 4.39 Å². The van der Waals surface area contributed by atoms with E-state index in [4.69, 9.17) is 0 Å². The number of aromatic amines is 1. The topological polar surface area (TPSA) is 41.6 Å². The molecule has 1 N–H and O–H groups in total. The third kappa shape index (κ3) is 1.97. The van der Waals surface area contributed by atoms with Crippen molar-refractivity contribution in [3.05, 3.63) is 47.9 Å². The summed E-state index contributed by atoms with van der Waals surface area (Å²) < 4.78 is 12.8. The van der Waals surface area contributed by atoms with Crippen LogP contribution >= 0.6 is 11.3 Å². The average Bonchev–Trinajstić information content (AvgIpc) is 3.00. The van der Waals surface area contributed by atoms with Crippen molar-refractivity contribution >= 4 is 11.3 Å². The van der Waals surface area contributed by atoms with Gasteiger partial charge in [0.1, 0.15) is 16.6 Å². The van der Waals surface area contributed by atoms with Gasteiger partial charge in [-0.1, -0.05) is 0 Å². The van der Waals surface area contributed by atoms with Gasteiger partial charge in [0.25, 0.3) is 0 Å². The molecule has 0 aliphatic rings. The van der Waals surface area contributed by atoms with E-state index in [0.29, 0.717) is 0 Å². The first-order valence-corrected chi connectivity index (χ1v) is 5.92. The molecule has 0 saturated heterocycles. The minimum atomic E-state index is -0.250. The Morgan fingerprint density at radius 1 is 1.12 bits per heavy atom. The first kappa shape index (κ1) is 10.2. The summed E-state index contributed by atoms with van der Waals surface area (Å²) in [5, 5.41) is 2.80. The van der Waals surface area contributed by atoms with Gasteiger partial charge in [0.2, 0.25) is 0 Å². The summed E-state index contributed by atoms with van der Waals surface area (Å²) in [4.78, 5) is 11.6. The van der Waals surface area contributed by atoms with Gasteiger partial charge in [0.15, 0.2) is 0 Å². The molecule has 0 amide bonds. The summed E-state index contributed by atoms with van der Waals surface area (Å²) in [6.45, 7) is 0. The highest BCUT2D eigenvalue weighted by Gasteiger charge is 2.06. The first-order valence-electron chi connectivity index (χ1n) is 5.04. The van der Waals surface area contributed by atoms with E-state index in [1.807, 2.05) is 5.38 Å². The van der Waals surface area contributed by atoms with Gasteiger partial charge in [-0.25, -0.2) is 14.4 Å². The van der Waals surface area contributed by atoms with Crippen LogP contribution in [0.2, 0.25) is 0 Å². The lowest BCUT2D eigenvalue weighted by molar-refractivity contribution is 0.628. The normalized spacial score (nSPS) is 10.6. The third-order valence-electron chi connectivity index (χ3n) is 2.36. The molecule has 5 heteroatoms. The molecule has 0 atom stereocenters. The fraction of sp³-hybridized carbons (Fsp3) is 0. The summed E-state index contributed by atoms with van der Waals surface area (Å²) in [5.41, 5.74) is 1.73. The van der Waals surface area contributed by atoms with Gasteiger partial charge in [-0.2, -0.15) is 0 Å². The van der Waals surface area contributed by atoms with Crippen molar-refractivity contribution < 1.29 is 4.39 Å². The van der Waals surface area contributed by atoms with Crippen LogP contribution in [0, 0.1) is 5.82 Å². The van der Waals surface area contributed by atoms with Gasteiger partial charge < -0.3 is 4.98 Å². The third-order valence-corrected chi connectivity index (χ3v) is 3.16. The molecule has 3 nitrogen and oxygen atoms in total. The Kier molecular flexibility index (Phi) is 2.45. The summed E-state index contributed by atoms with van der Waals surface area (Å²) in [7, 11) is 0. The number of nitrogens with one attached hydrogen (secondary N) is 1. The maximum atomic E-state index is 12.8. The first-order chi connectivity index (χ1) is 8.33. The molecule has 0 fully saturated rings. The molecule has 2 heterocycles. The Labute approximate surface area is 101 Å². The number of hydrogen-bond acceptors (Lipinski definition) is 3. The number of hydrogen-bond donors (Lipinski definition) is 1. The Hall–Kier alpha value is -2.01. The Morgan fingerprint density at radius 2 is 1.94 bits per heavy atom. The van der Waals surface area contributed by atoms with Crippen LogP contribution in [-0.2, 0) is 0 Å². The lowest BCUT2D eigenvalue weighted by Gasteiger charge is -1.95. The minimum absolute atomic E-state index is 0.250. The predicted octanol–water partition coefficient (Wildman–Crippen LogP) is 3.34. The fourth-order valence-electron chi connectivity index (χ4n) is 1.54. The number of imidazole rings is 1. The van der Waals surface area contributed by atoms with Crippen molar-refractivity contribution in [2.75, 3.05) is 0 Å². The van der Waals surface area contributed by atoms with Crippen LogP contribution in [0.1, 0.15) is 0 Å². The highest BCUT2D eigenvalue weighted by atomic mass is 32.1. The van der Waals surface area contributed by atoms with E-state index in [9.17, 15) is 4.39 Å².